The van der Waals surface area contributed by atoms with Crippen molar-refractivity contribution in [1.82, 2.24) is 10.3 Å². The standard InChI is InChI=1S/C15H12BrF3N4O3/c16-11-5-9(7-20-8-11)14(24)22-4-3-21-12-2-1-10(15(17,18)19)6-13(12)23(25)26/h1-2,5-8,21H,3-4H2,(H,22,24). The van der Waals surface area contributed by atoms with Crippen LogP contribution in [0.15, 0.2) is 41.1 Å². The molecule has 1 heterocycles. The molecule has 2 rings (SSSR count). The number of carbonyl (C=O) groups is 1. The Morgan fingerprint density at radius 3 is 2.58 bits per heavy atom. The number of hydrogen-bond donors (Lipinski definition) is 2. The number of rotatable bonds is 6. The van der Waals surface area contributed by atoms with Crippen molar-refractivity contribution in [2.24, 2.45) is 0 Å². The molecule has 0 saturated heterocycles. The molecule has 0 saturated carbocycles. The highest BCUT2D eigenvalue weighted by molar-refractivity contribution is 9.10. The Morgan fingerprint density at radius 2 is 1.96 bits per heavy atom. The van der Waals surface area contributed by atoms with Gasteiger partial charge >= 0.3 is 6.18 Å². The van der Waals surface area contributed by atoms with Gasteiger partial charge in [0.05, 0.1) is 16.1 Å². The Balaban J connectivity index is 1.97. The number of nitrogens with zero attached hydrogens (tertiary/aromatic N) is 2. The minimum atomic E-state index is -4.67. The molecule has 0 fully saturated rings. The third-order valence-electron chi connectivity index (χ3n) is 3.21. The number of benzene rings is 1. The molecule has 1 amide bonds. The number of anilines is 1. The molecule has 0 bridgehead atoms. The summed E-state index contributed by atoms with van der Waals surface area (Å²) in [6, 6.07) is 3.77. The zero-order chi connectivity index (χ0) is 19.3. The predicted molar refractivity (Wildman–Crippen MR) is 90.9 cm³/mol. The number of halogens is 4. The van der Waals surface area contributed by atoms with Gasteiger partial charge in [-0.1, -0.05) is 0 Å². The zero-order valence-corrected chi connectivity index (χ0v) is 14.6. The Hall–Kier alpha value is -2.69. The summed E-state index contributed by atoms with van der Waals surface area (Å²) in [5, 5.41) is 16.2. The SMILES string of the molecule is O=C(NCCNc1ccc(C(F)(F)F)cc1[N+](=O)[O-])c1cncc(Br)c1. The molecular weight excluding hydrogens is 421 g/mol. The first kappa shape index (κ1) is 19.6. The fraction of sp³-hybridized carbons (Fsp3) is 0.200. The van der Waals surface area contributed by atoms with Crippen LogP contribution in [-0.2, 0) is 6.18 Å². The number of nitro groups is 1. The van der Waals surface area contributed by atoms with Gasteiger partial charge in [0.2, 0.25) is 0 Å². The monoisotopic (exact) mass is 432 g/mol. The van der Waals surface area contributed by atoms with Crippen LogP contribution < -0.4 is 10.6 Å². The van der Waals surface area contributed by atoms with Gasteiger partial charge < -0.3 is 10.6 Å². The van der Waals surface area contributed by atoms with Crippen LogP contribution in [0.5, 0.6) is 0 Å². The van der Waals surface area contributed by atoms with Crippen LogP contribution in [0.2, 0.25) is 0 Å². The number of alkyl halides is 3. The number of amides is 1. The van der Waals surface area contributed by atoms with Crippen molar-refractivity contribution in [2.45, 2.75) is 6.18 Å². The Bertz CT molecular complexity index is 830. The van der Waals surface area contributed by atoms with Gasteiger partial charge in [0, 0.05) is 36.0 Å². The zero-order valence-electron chi connectivity index (χ0n) is 13.0. The number of nitro benzene ring substituents is 1. The minimum Gasteiger partial charge on any atom is -0.378 e. The first-order valence-electron chi connectivity index (χ1n) is 7.17. The van der Waals surface area contributed by atoms with E-state index in [1.165, 1.54) is 12.4 Å². The van der Waals surface area contributed by atoms with E-state index in [-0.39, 0.29) is 18.8 Å². The van der Waals surface area contributed by atoms with E-state index in [0.29, 0.717) is 16.1 Å². The molecule has 0 aliphatic heterocycles. The molecule has 0 atom stereocenters. The number of carbonyl (C=O) groups excluding carboxylic acids is 1. The molecule has 2 aromatic rings. The highest BCUT2D eigenvalue weighted by atomic mass is 79.9. The topological polar surface area (TPSA) is 97.2 Å². The van der Waals surface area contributed by atoms with E-state index in [2.05, 4.69) is 31.5 Å². The quantitative estimate of drug-likeness (QED) is 0.412. The summed E-state index contributed by atoms with van der Waals surface area (Å²) < 4.78 is 38.6. The molecule has 0 unspecified atom stereocenters. The molecule has 0 spiro atoms. The molecule has 26 heavy (non-hydrogen) atoms. The van der Waals surface area contributed by atoms with Crippen LogP contribution in [0, 0.1) is 10.1 Å². The third kappa shape index (κ3) is 5.15. The number of hydrogen-bond acceptors (Lipinski definition) is 5. The summed E-state index contributed by atoms with van der Waals surface area (Å²) in [5.74, 6) is -0.400. The maximum Gasteiger partial charge on any atom is 0.416 e. The van der Waals surface area contributed by atoms with E-state index in [1.807, 2.05) is 0 Å². The second-order valence-electron chi connectivity index (χ2n) is 5.06. The summed E-state index contributed by atoms with van der Waals surface area (Å²) in [7, 11) is 0. The number of nitrogens with one attached hydrogen (secondary N) is 2. The lowest BCUT2D eigenvalue weighted by atomic mass is 10.1. The molecule has 138 valence electrons. The molecule has 0 aliphatic rings. The Labute approximate surface area is 153 Å². The van der Waals surface area contributed by atoms with Gasteiger partial charge in [0.1, 0.15) is 5.69 Å². The van der Waals surface area contributed by atoms with Gasteiger partial charge in [-0.2, -0.15) is 13.2 Å². The summed E-state index contributed by atoms with van der Waals surface area (Å²) in [6.07, 6.45) is -1.79. The molecule has 0 radical (unpaired) electrons. The van der Waals surface area contributed by atoms with Crippen molar-refractivity contribution in [3.63, 3.8) is 0 Å². The lowest BCUT2D eigenvalue weighted by molar-refractivity contribution is -0.384. The van der Waals surface area contributed by atoms with Crippen molar-refractivity contribution in [3.05, 3.63) is 62.4 Å². The average Bonchev–Trinajstić information content (AvgIpc) is 2.57. The van der Waals surface area contributed by atoms with E-state index < -0.39 is 28.3 Å². The highest BCUT2D eigenvalue weighted by Gasteiger charge is 2.32. The van der Waals surface area contributed by atoms with Crippen molar-refractivity contribution in [1.29, 1.82) is 0 Å². The number of aromatic nitrogens is 1. The Morgan fingerprint density at radius 1 is 1.23 bits per heavy atom. The molecular formula is C15H12BrF3N4O3. The van der Waals surface area contributed by atoms with Crippen molar-refractivity contribution in [3.8, 4) is 0 Å². The third-order valence-corrected chi connectivity index (χ3v) is 3.65. The molecule has 11 heteroatoms. The molecule has 2 N–H and O–H groups in total. The van der Waals surface area contributed by atoms with E-state index in [1.54, 1.807) is 6.07 Å². The molecule has 7 nitrogen and oxygen atoms in total. The van der Waals surface area contributed by atoms with Crippen molar-refractivity contribution >= 4 is 33.2 Å². The second-order valence-corrected chi connectivity index (χ2v) is 5.98. The van der Waals surface area contributed by atoms with Crippen molar-refractivity contribution < 1.29 is 22.9 Å². The molecule has 0 aliphatic carbocycles. The lowest BCUT2D eigenvalue weighted by Crippen LogP contribution is -2.29. The van der Waals surface area contributed by atoms with Crippen LogP contribution in [0.25, 0.3) is 0 Å². The van der Waals surface area contributed by atoms with Crippen LogP contribution >= 0.6 is 15.9 Å². The van der Waals surface area contributed by atoms with E-state index >= 15 is 0 Å². The summed E-state index contributed by atoms with van der Waals surface area (Å²) >= 11 is 3.19. The minimum absolute atomic E-state index is 0.0682. The maximum atomic E-state index is 12.6. The normalized spacial score (nSPS) is 11.1. The fourth-order valence-electron chi connectivity index (χ4n) is 2.02. The highest BCUT2D eigenvalue weighted by Crippen LogP contribution is 2.34. The summed E-state index contributed by atoms with van der Waals surface area (Å²) in [4.78, 5) is 25.8. The summed E-state index contributed by atoms with van der Waals surface area (Å²) in [5.41, 5.74) is -1.55. The van der Waals surface area contributed by atoms with E-state index in [9.17, 15) is 28.1 Å². The van der Waals surface area contributed by atoms with Gasteiger partial charge in [-0.05, 0) is 34.1 Å². The smallest absolute Gasteiger partial charge is 0.378 e. The first-order chi connectivity index (χ1) is 12.2. The van der Waals surface area contributed by atoms with Crippen LogP contribution in [0.3, 0.4) is 0 Å². The van der Waals surface area contributed by atoms with Gasteiger partial charge in [-0.3, -0.25) is 19.9 Å². The predicted octanol–water partition coefficient (Wildman–Crippen LogP) is 3.61. The lowest BCUT2D eigenvalue weighted by Gasteiger charge is -2.11. The van der Waals surface area contributed by atoms with Gasteiger partial charge in [-0.25, -0.2) is 0 Å². The van der Waals surface area contributed by atoms with Crippen LogP contribution in [-0.4, -0.2) is 28.9 Å². The van der Waals surface area contributed by atoms with Gasteiger partial charge in [0.15, 0.2) is 0 Å². The van der Waals surface area contributed by atoms with E-state index in [4.69, 9.17) is 0 Å². The fourth-order valence-corrected chi connectivity index (χ4v) is 2.38. The maximum absolute atomic E-state index is 12.6. The Kier molecular flexibility index (Phi) is 6.14. The first-order valence-corrected chi connectivity index (χ1v) is 7.96. The van der Waals surface area contributed by atoms with Crippen molar-refractivity contribution in [2.75, 3.05) is 18.4 Å². The largest absolute Gasteiger partial charge is 0.416 e. The average molecular weight is 433 g/mol. The molecule has 1 aromatic carbocycles. The van der Waals surface area contributed by atoms with Gasteiger partial charge in [0.25, 0.3) is 11.6 Å². The van der Waals surface area contributed by atoms with Gasteiger partial charge in [-0.15, -0.1) is 0 Å². The van der Waals surface area contributed by atoms with E-state index in [0.717, 1.165) is 12.1 Å². The summed E-state index contributed by atoms with van der Waals surface area (Å²) in [6.45, 7) is 0.183. The molecule has 1 aromatic heterocycles. The number of pyridine rings is 1. The second kappa shape index (κ2) is 8.13. The van der Waals surface area contributed by atoms with Crippen LogP contribution in [0.4, 0.5) is 24.5 Å². The van der Waals surface area contributed by atoms with Crippen LogP contribution in [0.1, 0.15) is 15.9 Å².